The Kier molecular flexibility index (Phi) is 5.51. The number of halogens is 1. The zero-order valence-electron chi connectivity index (χ0n) is 15.6. The van der Waals surface area contributed by atoms with E-state index in [4.69, 9.17) is 16.3 Å². The van der Waals surface area contributed by atoms with E-state index in [0.717, 1.165) is 27.1 Å². The van der Waals surface area contributed by atoms with Crippen molar-refractivity contribution in [3.8, 4) is 5.75 Å². The van der Waals surface area contributed by atoms with Crippen molar-refractivity contribution in [2.45, 2.75) is 16.3 Å². The van der Waals surface area contributed by atoms with Crippen LogP contribution >= 0.6 is 23.4 Å². The standard InChI is InChI=1S/C23H18ClNO3S/c1-28-17-10-7-15(8-11-17)14-25-20-12-9-16(24)13-19(20)22(21(25)23(26)27)29-18-5-3-2-4-6-18/h2-13H,14H2,1H3,(H,26,27). The van der Waals surface area contributed by atoms with Crippen molar-refractivity contribution in [3.63, 3.8) is 0 Å². The Balaban J connectivity index is 1.88. The minimum Gasteiger partial charge on any atom is -0.497 e. The van der Waals surface area contributed by atoms with Gasteiger partial charge >= 0.3 is 5.97 Å². The number of rotatable bonds is 6. The molecule has 0 bridgehead atoms. The van der Waals surface area contributed by atoms with Crippen LogP contribution in [0.4, 0.5) is 0 Å². The third kappa shape index (κ3) is 3.97. The Morgan fingerprint density at radius 3 is 2.45 bits per heavy atom. The van der Waals surface area contributed by atoms with Gasteiger partial charge in [0.25, 0.3) is 0 Å². The molecule has 6 heteroatoms. The number of carboxylic acids is 1. The van der Waals surface area contributed by atoms with Crippen LogP contribution in [0.25, 0.3) is 10.9 Å². The zero-order chi connectivity index (χ0) is 20.4. The van der Waals surface area contributed by atoms with Crippen LogP contribution in [-0.2, 0) is 6.54 Å². The van der Waals surface area contributed by atoms with E-state index in [2.05, 4.69) is 0 Å². The number of benzene rings is 3. The smallest absolute Gasteiger partial charge is 0.353 e. The van der Waals surface area contributed by atoms with E-state index in [0.29, 0.717) is 16.5 Å². The minimum atomic E-state index is -0.968. The van der Waals surface area contributed by atoms with Crippen LogP contribution in [0.15, 0.2) is 82.6 Å². The first-order chi connectivity index (χ1) is 14.1. The van der Waals surface area contributed by atoms with Crippen LogP contribution < -0.4 is 4.74 Å². The van der Waals surface area contributed by atoms with Gasteiger partial charge in [-0.2, -0.15) is 0 Å². The number of fused-ring (bicyclic) bond motifs is 1. The molecule has 1 N–H and O–H groups in total. The summed E-state index contributed by atoms with van der Waals surface area (Å²) in [7, 11) is 1.62. The second kappa shape index (κ2) is 8.23. The average molecular weight is 424 g/mol. The summed E-state index contributed by atoms with van der Waals surface area (Å²) >= 11 is 7.69. The fourth-order valence-corrected chi connectivity index (χ4v) is 4.56. The number of aromatic carboxylic acids is 1. The van der Waals surface area contributed by atoms with Crippen molar-refractivity contribution >= 4 is 40.2 Å². The molecule has 0 radical (unpaired) electrons. The van der Waals surface area contributed by atoms with Crippen LogP contribution in [0.2, 0.25) is 5.02 Å². The maximum absolute atomic E-state index is 12.3. The molecule has 1 aromatic heterocycles. The van der Waals surface area contributed by atoms with Gasteiger partial charge in [-0.05, 0) is 48.0 Å². The van der Waals surface area contributed by atoms with Crippen molar-refractivity contribution in [1.82, 2.24) is 4.57 Å². The molecule has 0 atom stereocenters. The lowest BCUT2D eigenvalue weighted by Gasteiger charge is -2.10. The van der Waals surface area contributed by atoms with Crippen molar-refractivity contribution in [3.05, 3.63) is 89.1 Å². The maximum Gasteiger partial charge on any atom is 0.353 e. The normalized spacial score (nSPS) is 11.0. The van der Waals surface area contributed by atoms with E-state index in [1.54, 1.807) is 13.2 Å². The molecule has 0 saturated heterocycles. The predicted octanol–water partition coefficient (Wildman–Crippen LogP) is 6.20. The third-order valence-corrected chi connectivity index (χ3v) is 6.00. The largest absolute Gasteiger partial charge is 0.497 e. The van der Waals surface area contributed by atoms with Crippen molar-refractivity contribution in [2.75, 3.05) is 7.11 Å². The number of hydrogen-bond acceptors (Lipinski definition) is 3. The van der Waals surface area contributed by atoms with E-state index in [-0.39, 0.29) is 5.69 Å². The first-order valence-electron chi connectivity index (χ1n) is 8.97. The van der Waals surface area contributed by atoms with Gasteiger partial charge in [0.15, 0.2) is 0 Å². The second-order valence-corrected chi connectivity index (χ2v) is 8.01. The molecule has 1 heterocycles. The summed E-state index contributed by atoms with van der Waals surface area (Å²) in [6.45, 7) is 0.430. The zero-order valence-corrected chi connectivity index (χ0v) is 17.2. The van der Waals surface area contributed by atoms with Gasteiger partial charge in [0.2, 0.25) is 0 Å². The third-order valence-electron chi connectivity index (χ3n) is 4.64. The van der Waals surface area contributed by atoms with Crippen molar-refractivity contribution in [1.29, 1.82) is 0 Å². The summed E-state index contributed by atoms with van der Waals surface area (Å²) in [5, 5.41) is 11.5. The fourth-order valence-electron chi connectivity index (χ4n) is 3.30. The molecular weight excluding hydrogens is 406 g/mol. The Morgan fingerprint density at radius 2 is 1.79 bits per heavy atom. The Bertz CT molecular complexity index is 1170. The summed E-state index contributed by atoms with van der Waals surface area (Å²) < 4.78 is 7.05. The molecule has 0 aliphatic heterocycles. The van der Waals surface area contributed by atoms with E-state index in [1.165, 1.54) is 11.8 Å². The number of carbonyl (C=O) groups is 1. The summed E-state index contributed by atoms with van der Waals surface area (Å²) in [6.07, 6.45) is 0. The molecule has 29 heavy (non-hydrogen) atoms. The van der Waals surface area contributed by atoms with Crippen LogP contribution in [0.1, 0.15) is 16.1 Å². The van der Waals surface area contributed by atoms with Crippen LogP contribution in [0.5, 0.6) is 5.75 Å². The van der Waals surface area contributed by atoms with Gasteiger partial charge in [-0.15, -0.1) is 0 Å². The lowest BCUT2D eigenvalue weighted by Crippen LogP contribution is -2.10. The summed E-state index contributed by atoms with van der Waals surface area (Å²) in [4.78, 5) is 14.0. The molecule has 146 valence electrons. The first-order valence-corrected chi connectivity index (χ1v) is 10.2. The number of hydrogen-bond donors (Lipinski definition) is 1. The van der Waals surface area contributed by atoms with Crippen LogP contribution in [-0.4, -0.2) is 22.8 Å². The summed E-state index contributed by atoms with van der Waals surface area (Å²) in [5.41, 5.74) is 2.07. The summed E-state index contributed by atoms with van der Waals surface area (Å²) in [5.74, 6) is -0.207. The van der Waals surface area contributed by atoms with Gasteiger partial charge in [-0.3, -0.25) is 0 Å². The van der Waals surface area contributed by atoms with E-state index >= 15 is 0 Å². The average Bonchev–Trinajstić information content (AvgIpc) is 3.02. The van der Waals surface area contributed by atoms with Gasteiger partial charge in [0, 0.05) is 21.8 Å². The van der Waals surface area contributed by atoms with E-state index < -0.39 is 5.97 Å². The fraction of sp³-hybridized carbons (Fsp3) is 0.0870. The minimum absolute atomic E-state index is 0.256. The molecule has 0 spiro atoms. The lowest BCUT2D eigenvalue weighted by atomic mass is 10.2. The van der Waals surface area contributed by atoms with Gasteiger partial charge in [-0.25, -0.2) is 4.79 Å². The molecule has 0 unspecified atom stereocenters. The van der Waals surface area contributed by atoms with E-state index in [1.807, 2.05) is 71.3 Å². The molecular formula is C23H18ClNO3S. The topological polar surface area (TPSA) is 51.5 Å². The maximum atomic E-state index is 12.3. The molecule has 4 aromatic rings. The molecule has 0 saturated carbocycles. The van der Waals surface area contributed by atoms with Gasteiger partial charge < -0.3 is 14.4 Å². The van der Waals surface area contributed by atoms with Crippen LogP contribution in [0, 0.1) is 0 Å². The molecule has 0 aliphatic rings. The molecule has 0 fully saturated rings. The van der Waals surface area contributed by atoms with E-state index in [9.17, 15) is 9.90 Å². The number of carboxylic acid groups (broad SMARTS) is 1. The lowest BCUT2D eigenvalue weighted by molar-refractivity contribution is 0.0682. The van der Waals surface area contributed by atoms with Crippen LogP contribution in [0.3, 0.4) is 0 Å². The molecule has 0 amide bonds. The second-order valence-electron chi connectivity index (χ2n) is 6.49. The van der Waals surface area contributed by atoms with Gasteiger partial charge in [0.1, 0.15) is 11.4 Å². The Hall–Kier alpha value is -2.89. The number of nitrogens with zero attached hydrogens (tertiary/aromatic N) is 1. The van der Waals surface area contributed by atoms with Crippen molar-refractivity contribution < 1.29 is 14.6 Å². The highest BCUT2D eigenvalue weighted by atomic mass is 35.5. The quantitative estimate of drug-likeness (QED) is 0.401. The number of methoxy groups -OCH3 is 1. The molecule has 4 rings (SSSR count). The molecule has 4 nitrogen and oxygen atoms in total. The number of ether oxygens (including phenoxy) is 1. The van der Waals surface area contributed by atoms with Gasteiger partial charge in [-0.1, -0.05) is 53.7 Å². The molecule has 3 aromatic carbocycles. The highest BCUT2D eigenvalue weighted by Crippen LogP contribution is 2.40. The Labute approximate surface area is 177 Å². The first kappa shape index (κ1) is 19.4. The summed E-state index contributed by atoms with van der Waals surface area (Å²) in [6, 6.07) is 22.9. The predicted molar refractivity (Wildman–Crippen MR) is 117 cm³/mol. The highest BCUT2D eigenvalue weighted by Gasteiger charge is 2.23. The molecule has 0 aliphatic carbocycles. The SMILES string of the molecule is COc1ccc(Cn2c(C(=O)O)c(Sc3ccccc3)c3cc(Cl)ccc32)cc1. The van der Waals surface area contributed by atoms with Crippen molar-refractivity contribution in [2.24, 2.45) is 0 Å². The van der Waals surface area contributed by atoms with Gasteiger partial charge in [0.05, 0.1) is 17.5 Å². The monoisotopic (exact) mass is 423 g/mol. The highest BCUT2D eigenvalue weighted by molar-refractivity contribution is 7.99. The number of aromatic nitrogens is 1. The Morgan fingerprint density at radius 1 is 1.07 bits per heavy atom.